The summed E-state index contributed by atoms with van der Waals surface area (Å²) >= 11 is 0. The van der Waals surface area contributed by atoms with Crippen LogP contribution in [0.15, 0.2) is 42.5 Å². The van der Waals surface area contributed by atoms with Crippen LogP contribution >= 0.6 is 0 Å². The van der Waals surface area contributed by atoms with Gasteiger partial charge in [-0.25, -0.2) is 0 Å². The molecule has 1 N–H and O–H groups in total. The number of rotatable bonds is 3. The molecule has 0 unspecified atom stereocenters. The first-order chi connectivity index (χ1) is 8.20. The van der Waals surface area contributed by atoms with E-state index in [1.807, 2.05) is 0 Å². The van der Waals surface area contributed by atoms with Crippen molar-refractivity contribution in [2.45, 2.75) is 20.8 Å². The fraction of sp³-hybridized carbons (Fsp3) is 0.250. The quantitative estimate of drug-likeness (QED) is 0.816. The van der Waals surface area contributed by atoms with E-state index in [9.17, 15) is 0 Å². The molecule has 88 valence electrons. The van der Waals surface area contributed by atoms with Crippen LogP contribution in [0.4, 0.5) is 5.69 Å². The van der Waals surface area contributed by atoms with Crippen molar-refractivity contribution in [1.82, 2.24) is 0 Å². The Hall–Kier alpha value is -1.76. The Labute approximate surface area is 103 Å². The molecule has 0 heterocycles. The molecule has 2 aromatic carbocycles. The van der Waals surface area contributed by atoms with Crippen LogP contribution in [0.5, 0.6) is 0 Å². The third-order valence-corrected chi connectivity index (χ3v) is 2.99. The number of anilines is 1. The van der Waals surface area contributed by atoms with Gasteiger partial charge >= 0.3 is 0 Å². The van der Waals surface area contributed by atoms with Gasteiger partial charge in [0, 0.05) is 12.2 Å². The van der Waals surface area contributed by atoms with Crippen molar-refractivity contribution in [3.63, 3.8) is 0 Å². The number of benzene rings is 2. The molecule has 0 atom stereocenters. The van der Waals surface area contributed by atoms with Crippen LogP contribution in [-0.2, 0) is 0 Å². The van der Waals surface area contributed by atoms with E-state index in [0.717, 1.165) is 6.54 Å². The fourth-order valence-electron chi connectivity index (χ4n) is 1.93. The third-order valence-electron chi connectivity index (χ3n) is 2.99. The largest absolute Gasteiger partial charge is 0.385 e. The molecule has 2 aromatic rings. The fourth-order valence-corrected chi connectivity index (χ4v) is 1.93. The van der Waals surface area contributed by atoms with Gasteiger partial charge in [-0.05, 0) is 43.5 Å². The molecule has 0 aromatic heterocycles. The molecule has 0 saturated heterocycles. The van der Waals surface area contributed by atoms with Crippen LogP contribution in [-0.4, -0.2) is 6.54 Å². The predicted molar refractivity (Wildman–Crippen MR) is 75.5 cm³/mol. The summed E-state index contributed by atoms with van der Waals surface area (Å²) in [4.78, 5) is 0. The first-order valence-corrected chi connectivity index (χ1v) is 6.12. The van der Waals surface area contributed by atoms with Crippen molar-refractivity contribution >= 4 is 5.69 Å². The van der Waals surface area contributed by atoms with Gasteiger partial charge in [0.1, 0.15) is 0 Å². The highest BCUT2D eigenvalue weighted by atomic mass is 14.9. The Bertz CT molecular complexity index is 497. The maximum atomic E-state index is 3.40. The SMILES string of the molecule is CCNc1cc(-c2ccc(C)cc2)ccc1C. The Morgan fingerprint density at radius 3 is 2.18 bits per heavy atom. The van der Waals surface area contributed by atoms with Gasteiger partial charge in [0.05, 0.1) is 0 Å². The van der Waals surface area contributed by atoms with E-state index in [4.69, 9.17) is 0 Å². The second-order valence-corrected chi connectivity index (χ2v) is 4.43. The first kappa shape index (κ1) is 11.7. The van der Waals surface area contributed by atoms with Crippen LogP contribution in [0.3, 0.4) is 0 Å². The van der Waals surface area contributed by atoms with Crippen LogP contribution in [0, 0.1) is 13.8 Å². The number of hydrogen-bond donors (Lipinski definition) is 1. The van der Waals surface area contributed by atoms with Gasteiger partial charge in [-0.3, -0.25) is 0 Å². The Kier molecular flexibility index (Phi) is 3.48. The molecule has 0 aliphatic rings. The smallest absolute Gasteiger partial charge is 0.0376 e. The molecule has 17 heavy (non-hydrogen) atoms. The minimum atomic E-state index is 0.957. The van der Waals surface area contributed by atoms with Crippen molar-refractivity contribution in [3.8, 4) is 11.1 Å². The maximum Gasteiger partial charge on any atom is 0.0376 e. The number of nitrogens with one attached hydrogen (secondary N) is 1. The lowest BCUT2D eigenvalue weighted by molar-refractivity contribution is 1.20. The van der Waals surface area contributed by atoms with Crippen molar-refractivity contribution in [2.24, 2.45) is 0 Å². The van der Waals surface area contributed by atoms with Crippen molar-refractivity contribution in [1.29, 1.82) is 0 Å². The average Bonchev–Trinajstić information content (AvgIpc) is 2.33. The number of hydrogen-bond acceptors (Lipinski definition) is 1. The average molecular weight is 225 g/mol. The zero-order chi connectivity index (χ0) is 12.3. The second kappa shape index (κ2) is 5.05. The second-order valence-electron chi connectivity index (χ2n) is 4.43. The lowest BCUT2D eigenvalue weighted by atomic mass is 10.0. The van der Waals surface area contributed by atoms with E-state index in [0.29, 0.717) is 0 Å². The van der Waals surface area contributed by atoms with Crippen LogP contribution in [0.2, 0.25) is 0 Å². The van der Waals surface area contributed by atoms with Crippen molar-refractivity contribution in [3.05, 3.63) is 53.6 Å². The maximum absolute atomic E-state index is 3.40. The minimum Gasteiger partial charge on any atom is -0.385 e. The van der Waals surface area contributed by atoms with Gasteiger partial charge in [-0.2, -0.15) is 0 Å². The van der Waals surface area contributed by atoms with Crippen LogP contribution in [0.25, 0.3) is 11.1 Å². The predicted octanol–water partition coefficient (Wildman–Crippen LogP) is 4.40. The molecule has 1 nitrogen and oxygen atoms in total. The lowest BCUT2D eigenvalue weighted by Crippen LogP contribution is -1.98. The van der Waals surface area contributed by atoms with Crippen molar-refractivity contribution < 1.29 is 0 Å². The van der Waals surface area contributed by atoms with E-state index >= 15 is 0 Å². The normalized spacial score (nSPS) is 10.3. The van der Waals surface area contributed by atoms with Gasteiger partial charge in [-0.1, -0.05) is 42.0 Å². The summed E-state index contributed by atoms with van der Waals surface area (Å²) in [5, 5.41) is 3.40. The Morgan fingerprint density at radius 1 is 0.882 bits per heavy atom. The molecule has 0 saturated carbocycles. The summed E-state index contributed by atoms with van der Waals surface area (Å²) in [6.07, 6.45) is 0. The van der Waals surface area contributed by atoms with Crippen LogP contribution < -0.4 is 5.32 Å². The zero-order valence-corrected chi connectivity index (χ0v) is 10.7. The summed E-state index contributed by atoms with van der Waals surface area (Å²) < 4.78 is 0. The Balaban J connectivity index is 2.39. The monoisotopic (exact) mass is 225 g/mol. The third kappa shape index (κ3) is 2.68. The molecular weight excluding hydrogens is 206 g/mol. The highest BCUT2D eigenvalue weighted by Gasteiger charge is 2.01. The van der Waals surface area contributed by atoms with Gasteiger partial charge < -0.3 is 5.32 Å². The van der Waals surface area contributed by atoms with E-state index in [-0.39, 0.29) is 0 Å². The van der Waals surface area contributed by atoms with Gasteiger partial charge in [0.25, 0.3) is 0 Å². The summed E-state index contributed by atoms with van der Waals surface area (Å²) in [5.74, 6) is 0. The molecular formula is C16H19N. The Morgan fingerprint density at radius 2 is 1.53 bits per heavy atom. The molecule has 0 aliphatic heterocycles. The first-order valence-electron chi connectivity index (χ1n) is 6.12. The summed E-state index contributed by atoms with van der Waals surface area (Å²) in [6.45, 7) is 7.33. The van der Waals surface area contributed by atoms with E-state index in [2.05, 4.69) is 68.6 Å². The van der Waals surface area contributed by atoms with Crippen molar-refractivity contribution in [2.75, 3.05) is 11.9 Å². The lowest BCUT2D eigenvalue weighted by Gasteiger charge is -2.10. The highest BCUT2D eigenvalue weighted by molar-refractivity contribution is 5.70. The zero-order valence-electron chi connectivity index (χ0n) is 10.7. The number of aryl methyl sites for hydroxylation is 2. The van der Waals surface area contributed by atoms with Gasteiger partial charge in [-0.15, -0.1) is 0 Å². The molecule has 0 radical (unpaired) electrons. The highest BCUT2D eigenvalue weighted by Crippen LogP contribution is 2.25. The summed E-state index contributed by atoms with van der Waals surface area (Å²) in [6, 6.07) is 15.2. The molecule has 0 aliphatic carbocycles. The van der Waals surface area contributed by atoms with E-state index < -0.39 is 0 Å². The molecule has 0 fully saturated rings. The van der Waals surface area contributed by atoms with Crippen LogP contribution in [0.1, 0.15) is 18.1 Å². The summed E-state index contributed by atoms with van der Waals surface area (Å²) in [7, 11) is 0. The topological polar surface area (TPSA) is 12.0 Å². The molecule has 1 heteroatoms. The molecule has 2 rings (SSSR count). The minimum absolute atomic E-state index is 0.957. The van der Waals surface area contributed by atoms with E-state index in [1.54, 1.807) is 0 Å². The molecule has 0 spiro atoms. The van der Waals surface area contributed by atoms with Gasteiger partial charge in [0.15, 0.2) is 0 Å². The standard InChI is InChI=1S/C16H19N/c1-4-17-16-11-15(10-7-13(16)3)14-8-5-12(2)6-9-14/h5-11,17H,4H2,1-3H3. The van der Waals surface area contributed by atoms with Gasteiger partial charge in [0.2, 0.25) is 0 Å². The molecule has 0 bridgehead atoms. The van der Waals surface area contributed by atoms with E-state index in [1.165, 1.54) is 27.9 Å². The summed E-state index contributed by atoms with van der Waals surface area (Å²) in [5.41, 5.74) is 6.36. The molecule has 0 amide bonds.